The molecule has 1 aliphatic carbocycles. The predicted molar refractivity (Wildman–Crippen MR) is 137 cm³/mol. The Morgan fingerprint density at radius 3 is 2.68 bits per heavy atom. The van der Waals surface area contributed by atoms with Crippen LogP contribution in [0.2, 0.25) is 5.15 Å². The molecule has 2 unspecified atom stereocenters. The maximum atomic E-state index is 12.0. The molecule has 2 aliphatic rings. The molecule has 0 saturated carbocycles. The van der Waals surface area contributed by atoms with Crippen LogP contribution in [0, 0.1) is 0 Å². The average Bonchev–Trinajstić information content (AvgIpc) is 3.52. The van der Waals surface area contributed by atoms with Crippen LogP contribution in [-0.4, -0.2) is 77.5 Å². The van der Waals surface area contributed by atoms with Gasteiger partial charge in [-0.3, -0.25) is 9.13 Å². The Bertz CT molecular complexity index is 1450. The first-order valence-corrected chi connectivity index (χ1v) is 15.7. The van der Waals surface area contributed by atoms with Gasteiger partial charge in [0, 0.05) is 7.05 Å². The summed E-state index contributed by atoms with van der Waals surface area (Å²) in [5, 5.41) is 26.3. The van der Waals surface area contributed by atoms with Crippen molar-refractivity contribution in [1.29, 1.82) is 0 Å². The van der Waals surface area contributed by atoms with E-state index in [1.54, 1.807) is 12.3 Å². The van der Waals surface area contributed by atoms with Crippen molar-refractivity contribution >= 4 is 43.5 Å². The SMILES string of the molecule is CN(c1cc(Cl)nc2c1cnn2[C@@H]1O[C@H](COP(=O)(O)CP(=O)(O)O)[C@H](O)C1O)[C@H]1CCc2ccccc21. The van der Waals surface area contributed by atoms with Crippen LogP contribution in [0.4, 0.5) is 5.69 Å². The van der Waals surface area contributed by atoms with Gasteiger partial charge in [-0.25, -0.2) is 9.67 Å². The largest absolute Gasteiger partial charge is 0.387 e. The Kier molecular flexibility index (Phi) is 7.47. The number of hydrogen-bond donors (Lipinski definition) is 5. The van der Waals surface area contributed by atoms with Gasteiger partial charge in [-0.1, -0.05) is 35.9 Å². The third kappa shape index (κ3) is 5.41. The zero-order chi connectivity index (χ0) is 27.4. The lowest BCUT2D eigenvalue weighted by atomic mass is 10.1. The Hall–Kier alpha value is -1.89. The zero-order valence-electron chi connectivity index (χ0n) is 20.1. The summed E-state index contributed by atoms with van der Waals surface area (Å²) in [7, 11) is -7.56. The minimum Gasteiger partial charge on any atom is -0.387 e. The molecule has 1 aliphatic heterocycles. The summed E-state index contributed by atoms with van der Waals surface area (Å²) in [5.41, 5.74) is 3.57. The third-order valence-electron chi connectivity index (χ3n) is 6.84. The topological polar surface area (TPSA) is 188 Å². The highest BCUT2D eigenvalue weighted by Crippen LogP contribution is 2.55. The van der Waals surface area contributed by atoms with Crippen LogP contribution in [0.5, 0.6) is 0 Å². The second-order valence-electron chi connectivity index (χ2n) is 9.44. The zero-order valence-corrected chi connectivity index (χ0v) is 22.7. The van der Waals surface area contributed by atoms with Crippen LogP contribution in [0.1, 0.15) is 29.8 Å². The van der Waals surface area contributed by atoms with Crippen molar-refractivity contribution in [1.82, 2.24) is 14.8 Å². The number of pyridine rings is 1. The van der Waals surface area contributed by atoms with E-state index in [2.05, 4.69) is 27.1 Å². The first-order chi connectivity index (χ1) is 17.8. The van der Waals surface area contributed by atoms with Gasteiger partial charge in [0.05, 0.1) is 29.9 Å². The molecule has 206 valence electrons. The molecule has 1 aromatic carbocycles. The molecule has 0 bridgehead atoms. The van der Waals surface area contributed by atoms with Crippen molar-refractivity contribution in [2.24, 2.45) is 0 Å². The van der Waals surface area contributed by atoms with Gasteiger partial charge < -0.3 is 39.1 Å². The molecule has 38 heavy (non-hydrogen) atoms. The van der Waals surface area contributed by atoms with E-state index in [9.17, 15) is 24.2 Å². The van der Waals surface area contributed by atoms with Crippen molar-refractivity contribution in [2.45, 2.75) is 43.4 Å². The maximum absolute atomic E-state index is 12.0. The summed E-state index contributed by atoms with van der Waals surface area (Å²) in [5.74, 6) is -1.39. The third-order valence-corrected chi connectivity index (χ3v) is 10.5. The van der Waals surface area contributed by atoms with Gasteiger partial charge in [-0.05, 0) is 30.0 Å². The number of aryl methyl sites for hydroxylation is 1. The van der Waals surface area contributed by atoms with Crippen LogP contribution in [0.25, 0.3) is 11.0 Å². The first kappa shape index (κ1) is 27.7. The highest BCUT2D eigenvalue weighted by atomic mass is 35.5. The Morgan fingerprint density at radius 1 is 1.21 bits per heavy atom. The van der Waals surface area contributed by atoms with Crippen LogP contribution in [-0.2, 0) is 24.8 Å². The van der Waals surface area contributed by atoms with Crippen molar-refractivity contribution in [3.05, 3.63) is 52.8 Å². The van der Waals surface area contributed by atoms with Gasteiger partial charge in [0.15, 0.2) is 17.8 Å². The second-order valence-corrected chi connectivity index (χ2v) is 13.8. The lowest BCUT2D eigenvalue weighted by molar-refractivity contribution is -0.0541. The van der Waals surface area contributed by atoms with E-state index in [0.717, 1.165) is 18.5 Å². The molecule has 2 aromatic heterocycles. The molecule has 13 nitrogen and oxygen atoms in total. The monoisotopic (exact) mass is 588 g/mol. The van der Waals surface area contributed by atoms with E-state index in [-0.39, 0.29) is 16.8 Å². The lowest BCUT2D eigenvalue weighted by Gasteiger charge is -2.28. The van der Waals surface area contributed by atoms with Crippen molar-refractivity contribution in [3.63, 3.8) is 0 Å². The molecule has 0 radical (unpaired) electrons. The standard InChI is InChI=1S/C22H27ClN4O9P2/c1-26(15-7-6-12-4-2-3-5-13(12)15)16-8-18(23)25-21-14(16)9-24-27(21)22-20(29)19(28)17(36-22)10-35-38(33,34)11-37(30,31)32/h2-5,8-9,15,17,19-20,22,28-29H,6-7,10-11H2,1H3,(H,33,34)(H2,30,31,32)/t15-,17+,19-,20?,22+/m0/s1. The fraction of sp³-hybridized carbons (Fsp3) is 0.455. The minimum absolute atomic E-state index is 0.107. The number of hydrogen-bond acceptors (Lipinski definition) is 9. The van der Waals surface area contributed by atoms with E-state index in [4.69, 9.17) is 30.6 Å². The molecule has 3 heterocycles. The smallest absolute Gasteiger partial charge is 0.340 e. The number of aliphatic hydroxyl groups is 2. The maximum Gasteiger partial charge on any atom is 0.340 e. The van der Waals surface area contributed by atoms with Crippen molar-refractivity contribution < 1.29 is 43.3 Å². The highest BCUT2D eigenvalue weighted by molar-refractivity contribution is 7.70. The quantitative estimate of drug-likeness (QED) is 0.191. The molecular weight excluding hydrogens is 562 g/mol. The van der Waals surface area contributed by atoms with Crippen LogP contribution >= 0.6 is 26.8 Å². The summed E-state index contributed by atoms with van der Waals surface area (Å²) in [4.78, 5) is 34.1. The molecule has 1 saturated heterocycles. The van der Waals surface area contributed by atoms with E-state index in [0.29, 0.717) is 5.39 Å². The summed E-state index contributed by atoms with van der Waals surface area (Å²) < 4.78 is 34.8. The Balaban J connectivity index is 1.40. The van der Waals surface area contributed by atoms with Crippen LogP contribution in [0.15, 0.2) is 36.5 Å². The average molecular weight is 589 g/mol. The van der Waals surface area contributed by atoms with Gasteiger partial charge >= 0.3 is 15.2 Å². The van der Waals surface area contributed by atoms with Crippen molar-refractivity contribution in [2.75, 3.05) is 24.5 Å². The summed E-state index contributed by atoms with van der Waals surface area (Å²) in [6, 6.07) is 10.1. The van der Waals surface area contributed by atoms with Gasteiger partial charge in [-0.15, -0.1) is 0 Å². The van der Waals surface area contributed by atoms with E-state index in [1.807, 2.05) is 19.2 Å². The van der Waals surface area contributed by atoms with Crippen molar-refractivity contribution in [3.8, 4) is 0 Å². The summed E-state index contributed by atoms with van der Waals surface area (Å²) in [6.45, 7) is -0.703. The van der Waals surface area contributed by atoms with E-state index < -0.39 is 52.2 Å². The predicted octanol–water partition coefficient (Wildman–Crippen LogP) is 2.16. The van der Waals surface area contributed by atoms with Gasteiger partial charge in [-0.2, -0.15) is 5.10 Å². The fourth-order valence-electron chi connectivity index (χ4n) is 5.09. The normalized spacial score (nSPS) is 27.0. The summed E-state index contributed by atoms with van der Waals surface area (Å²) in [6.07, 6.45) is -2.18. The highest BCUT2D eigenvalue weighted by Gasteiger charge is 2.46. The Morgan fingerprint density at radius 2 is 1.95 bits per heavy atom. The molecular formula is C22H27ClN4O9P2. The molecule has 5 N–H and O–H groups in total. The van der Waals surface area contributed by atoms with Gasteiger partial charge in [0.2, 0.25) is 0 Å². The number of benzene rings is 1. The number of rotatable bonds is 8. The summed E-state index contributed by atoms with van der Waals surface area (Å²) >= 11 is 6.38. The lowest BCUT2D eigenvalue weighted by Crippen LogP contribution is -2.33. The molecule has 5 rings (SSSR count). The number of aromatic nitrogens is 3. The number of ether oxygens (including phenoxy) is 1. The molecule has 3 aromatic rings. The minimum atomic E-state index is -4.83. The molecule has 16 heteroatoms. The van der Waals surface area contributed by atoms with Crippen LogP contribution < -0.4 is 4.90 Å². The number of aliphatic hydroxyl groups excluding tert-OH is 2. The molecule has 1 fully saturated rings. The van der Waals surface area contributed by atoms with Gasteiger partial charge in [0.1, 0.15) is 23.5 Å². The number of fused-ring (bicyclic) bond motifs is 2. The van der Waals surface area contributed by atoms with Gasteiger partial charge in [0.25, 0.3) is 0 Å². The molecule has 0 amide bonds. The van der Waals surface area contributed by atoms with E-state index >= 15 is 0 Å². The first-order valence-electron chi connectivity index (χ1n) is 11.7. The fourth-order valence-corrected chi connectivity index (χ4v) is 7.84. The molecule has 6 atom stereocenters. The second kappa shape index (κ2) is 10.3. The van der Waals surface area contributed by atoms with Crippen LogP contribution in [0.3, 0.4) is 0 Å². The van der Waals surface area contributed by atoms with E-state index in [1.165, 1.54) is 15.8 Å². The number of anilines is 1. The number of halogens is 1. The molecule has 0 spiro atoms. The number of nitrogens with zero attached hydrogens (tertiary/aromatic N) is 4. The Labute approximate surface area is 222 Å².